The Morgan fingerprint density at radius 2 is 1.86 bits per heavy atom. The van der Waals surface area contributed by atoms with Gasteiger partial charge in [0.25, 0.3) is 11.5 Å². The minimum atomic E-state index is -0.719. The first-order chi connectivity index (χ1) is 13.5. The Morgan fingerprint density at radius 1 is 1.14 bits per heavy atom. The molecule has 2 saturated carbocycles. The van der Waals surface area contributed by atoms with Crippen LogP contribution in [0.1, 0.15) is 54.6 Å². The number of aliphatic hydroxyl groups is 1. The van der Waals surface area contributed by atoms with Crippen LogP contribution < -0.4 is 21.9 Å². The van der Waals surface area contributed by atoms with E-state index >= 15 is 0 Å². The quantitative estimate of drug-likeness (QED) is 0.626. The van der Waals surface area contributed by atoms with Gasteiger partial charge < -0.3 is 21.5 Å². The molecule has 146 valence electrons. The van der Waals surface area contributed by atoms with Crippen LogP contribution in [0, 0.1) is 5.41 Å². The van der Waals surface area contributed by atoms with Crippen LogP contribution >= 0.6 is 0 Å². The molecule has 5 rings (SSSR count). The summed E-state index contributed by atoms with van der Waals surface area (Å²) in [6.45, 7) is -0.344. The molecule has 3 aliphatic rings. The molecule has 9 nitrogen and oxygen atoms in total. The number of carbonyl (C=O) groups is 1. The molecule has 0 saturated heterocycles. The zero-order valence-electron chi connectivity index (χ0n) is 15.4. The topological polar surface area (TPSA) is 135 Å². The Bertz CT molecular complexity index is 1030. The number of amides is 1. The van der Waals surface area contributed by atoms with Crippen molar-refractivity contribution >= 4 is 23.2 Å². The summed E-state index contributed by atoms with van der Waals surface area (Å²) in [4.78, 5) is 34.0. The largest absolute Gasteiger partial charge is 0.392 e. The van der Waals surface area contributed by atoms with Gasteiger partial charge in [-0.05, 0) is 50.0 Å². The molecule has 2 fully saturated rings. The van der Waals surface area contributed by atoms with Crippen molar-refractivity contribution in [3.05, 3.63) is 40.1 Å². The Kier molecular flexibility index (Phi) is 3.54. The van der Waals surface area contributed by atoms with Gasteiger partial charge in [-0.15, -0.1) is 0 Å². The lowest BCUT2D eigenvalue weighted by molar-refractivity contribution is 0.0821. The third-order valence-corrected chi connectivity index (χ3v) is 6.49. The molecule has 0 radical (unpaired) electrons. The summed E-state index contributed by atoms with van der Waals surface area (Å²) in [5.41, 5.74) is 5.98. The summed E-state index contributed by atoms with van der Waals surface area (Å²) >= 11 is 0. The standard InChI is InChI=1S/C19H22N6O3/c20-13-8-14(22-10-21-13)23-12-7-11(9-26)15-16(27)24-19(25(15)17(12)28)5-3-18(1-2-18)4-6-19/h7-8,10,26H,1-6,9H2,(H,24,27)(H3,20,21,22,23). The Hall–Kier alpha value is -2.94. The van der Waals surface area contributed by atoms with E-state index in [-0.39, 0.29) is 35.3 Å². The average molecular weight is 382 g/mol. The number of aliphatic hydroxyl groups excluding tert-OH is 1. The number of fused-ring (bicyclic) bond motifs is 2. The van der Waals surface area contributed by atoms with Crippen LogP contribution in [0.4, 0.5) is 17.3 Å². The van der Waals surface area contributed by atoms with Gasteiger partial charge in [-0.1, -0.05) is 0 Å². The number of aromatic nitrogens is 3. The summed E-state index contributed by atoms with van der Waals surface area (Å²) in [7, 11) is 0. The molecule has 3 heterocycles. The highest BCUT2D eigenvalue weighted by atomic mass is 16.3. The van der Waals surface area contributed by atoms with E-state index < -0.39 is 5.66 Å². The minimum absolute atomic E-state index is 0.244. The molecule has 0 aromatic carbocycles. The molecular weight excluding hydrogens is 360 g/mol. The SMILES string of the molecule is Nc1cc(Nc2cc(CO)c3n(c2=O)C2(CCC4(CC4)CC2)NC3=O)ncn1. The maximum Gasteiger partial charge on any atom is 0.276 e. The van der Waals surface area contributed by atoms with Gasteiger partial charge in [0.2, 0.25) is 0 Å². The molecule has 2 aliphatic carbocycles. The number of nitrogen functional groups attached to an aromatic ring is 1. The number of nitrogens with two attached hydrogens (primary N) is 1. The molecule has 0 atom stereocenters. The molecule has 0 unspecified atom stereocenters. The van der Waals surface area contributed by atoms with Crippen molar-refractivity contribution in [1.82, 2.24) is 19.9 Å². The third kappa shape index (κ3) is 2.50. The monoisotopic (exact) mass is 382 g/mol. The van der Waals surface area contributed by atoms with E-state index in [1.807, 2.05) is 0 Å². The normalized spacial score (nSPS) is 20.8. The molecule has 28 heavy (non-hydrogen) atoms. The van der Waals surface area contributed by atoms with Crippen molar-refractivity contribution in [2.45, 2.75) is 50.8 Å². The molecule has 2 spiro atoms. The third-order valence-electron chi connectivity index (χ3n) is 6.49. The summed E-state index contributed by atoms with van der Waals surface area (Å²) < 4.78 is 1.56. The van der Waals surface area contributed by atoms with Crippen LogP contribution in [-0.4, -0.2) is 25.5 Å². The fourth-order valence-corrected chi connectivity index (χ4v) is 4.66. The molecule has 5 N–H and O–H groups in total. The fourth-order valence-electron chi connectivity index (χ4n) is 4.66. The predicted molar refractivity (Wildman–Crippen MR) is 102 cm³/mol. The predicted octanol–water partition coefficient (Wildman–Crippen LogP) is 1.21. The van der Waals surface area contributed by atoms with Crippen molar-refractivity contribution < 1.29 is 9.90 Å². The smallest absolute Gasteiger partial charge is 0.276 e. The second-order valence-electron chi connectivity index (χ2n) is 8.17. The first-order valence-electron chi connectivity index (χ1n) is 9.53. The highest BCUT2D eigenvalue weighted by Crippen LogP contribution is 2.59. The van der Waals surface area contributed by atoms with Gasteiger partial charge in [0.05, 0.1) is 6.61 Å². The molecule has 2 aromatic heterocycles. The van der Waals surface area contributed by atoms with Crippen molar-refractivity contribution in [3.8, 4) is 0 Å². The molecule has 1 amide bonds. The van der Waals surface area contributed by atoms with Crippen LogP contribution in [0.15, 0.2) is 23.3 Å². The number of carbonyl (C=O) groups excluding carboxylic acids is 1. The minimum Gasteiger partial charge on any atom is -0.392 e. The van der Waals surface area contributed by atoms with Gasteiger partial charge in [-0.2, -0.15) is 0 Å². The number of hydrogen-bond donors (Lipinski definition) is 4. The van der Waals surface area contributed by atoms with Gasteiger partial charge in [-0.25, -0.2) is 9.97 Å². The van der Waals surface area contributed by atoms with E-state index in [2.05, 4.69) is 20.6 Å². The lowest BCUT2D eigenvalue weighted by atomic mass is 9.79. The van der Waals surface area contributed by atoms with Crippen molar-refractivity contribution in [2.24, 2.45) is 5.41 Å². The number of nitrogens with one attached hydrogen (secondary N) is 2. The lowest BCUT2D eigenvalue weighted by Gasteiger charge is -2.39. The second-order valence-corrected chi connectivity index (χ2v) is 8.17. The Morgan fingerprint density at radius 3 is 2.50 bits per heavy atom. The van der Waals surface area contributed by atoms with E-state index in [4.69, 9.17) is 5.73 Å². The number of nitrogens with zero attached hydrogens (tertiary/aromatic N) is 3. The first-order valence-corrected chi connectivity index (χ1v) is 9.53. The number of hydrogen-bond acceptors (Lipinski definition) is 7. The van der Waals surface area contributed by atoms with E-state index in [9.17, 15) is 14.7 Å². The highest BCUT2D eigenvalue weighted by Gasteiger charge is 2.54. The van der Waals surface area contributed by atoms with Gasteiger partial charge in [0, 0.05) is 11.6 Å². The second kappa shape index (κ2) is 5.78. The molecular formula is C19H22N6O3. The maximum absolute atomic E-state index is 13.4. The summed E-state index contributed by atoms with van der Waals surface area (Å²) in [6.07, 6.45) is 7.20. The van der Waals surface area contributed by atoms with E-state index in [1.165, 1.54) is 31.3 Å². The van der Waals surface area contributed by atoms with Gasteiger partial charge in [0.1, 0.15) is 35.0 Å². The highest BCUT2D eigenvalue weighted by molar-refractivity contribution is 5.97. The summed E-state index contributed by atoms with van der Waals surface area (Å²) in [5.74, 6) is 0.350. The van der Waals surface area contributed by atoms with Gasteiger partial charge in [-0.3, -0.25) is 14.2 Å². The van der Waals surface area contributed by atoms with E-state index in [0.29, 0.717) is 16.8 Å². The van der Waals surface area contributed by atoms with Gasteiger partial charge >= 0.3 is 0 Å². The fraction of sp³-hybridized carbons (Fsp3) is 0.474. The number of rotatable bonds is 3. The molecule has 0 bridgehead atoms. The van der Waals surface area contributed by atoms with E-state index in [1.54, 1.807) is 4.57 Å². The van der Waals surface area contributed by atoms with Crippen LogP contribution in [0.3, 0.4) is 0 Å². The molecule has 1 aliphatic heterocycles. The van der Waals surface area contributed by atoms with Crippen LogP contribution in [0.25, 0.3) is 0 Å². The number of pyridine rings is 1. The summed E-state index contributed by atoms with van der Waals surface area (Å²) in [5, 5.41) is 15.9. The van der Waals surface area contributed by atoms with Crippen molar-refractivity contribution in [3.63, 3.8) is 0 Å². The summed E-state index contributed by atoms with van der Waals surface area (Å²) in [6, 6.07) is 3.03. The zero-order chi connectivity index (χ0) is 19.5. The molecule has 9 heteroatoms. The van der Waals surface area contributed by atoms with Crippen molar-refractivity contribution in [1.29, 1.82) is 0 Å². The zero-order valence-corrected chi connectivity index (χ0v) is 15.4. The van der Waals surface area contributed by atoms with E-state index in [0.717, 1.165) is 25.7 Å². The number of anilines is 3. The lowest BCUT2D eigenvalue weighted by Crippen LogP contribution is -2.50. The molecule has 2 aromatic rings. The first kappa shape index (κ1) is 17.2. The van der Waals surface area contributed by atoms with Crippen LogP contribution in [-0.2, 0) is 12.3 Å². The van der Waals surface area contributed by atoms with Gasteiger partial charge in [0.15, 0.2) is 0 Å². The average Bonchev–Trinajstić information content (AvgIpc) is 3.38. The Labute approximate surface area is 161 Å². The maximum atomic E-state index is 13.4. The van der Waals surface area contributed by atoms with Crippen LogP contribution in [0.2, 0.25) is 0 Å². The Balaban J connectivity index is 1.61. The van der Waals surface area contributed by atoms with Crippen molar-refractivity contribution in [2.75, 3.05) is 11.1 Å². The van der Waals surface area contributed by atoms with Crippen LogP contribution in [0.5, 0.6) is 0 Å².